The van der Waals surface area contributed by atoms with Crippen molar-refractivity contribution in [3.63, 3.8) is 0 Å². The van der Waals surface area contributed by atoms with E-state index in [1.165, 1.54) is 0 Å². The number of nitro groups is 1. The summed E-state index contributed by atoms with van der Waals surface area (Å²) >= 11 is 0. The number of piperidine rings is 1. The fraction of sp³-hybridized carbons (Fsp3) is 0.500. The van der Waals surface area contributed by atoms with Gasteiger partial charge in [-0.2, -0.15) is 0 Å². The third-order valence-corrected chi connectivity index (χ3v) is 4.71. The van der Waals surface area contributed by atoms with Gasteiger partial charge in [0.25, 0.3) is 0 Å². The normalized spacial score (nSPS) is 17.5. The van der Waals surface area contributed by atoms with E-state index in [1.807, 2.05) is 43.1 Å². The van der Waals surface area contributed by atoms with Crippen LogP contribution in [-0.2, 0) is 13.5 Å². The zero-order chi connectivity index (χ0) is 17.8. The van der Waals surface area contributed by atoms with Crippen molar-refractivity contribution in [2.45, 2.75) is 26.2 Å². The van der Waals surface area contributed by atoms with Crippen LogP contribution in [0.15, 0.2) is 30.6 Å². The van der Waals surface area contributed by atoms with E-state index < -0.39 is 0 Å². The number of nitro benzene ring substituents is 1. The van der Waals surface area contributed by atoms with Gasteiger partial charge in [-0.1, -0.05) is 6.07 Å². The molecule has 0 N–H and O–H groups in total. The average molecular weight is 344 g/mol. The summed E-state index contributed by atoms with van der Waals surface area (Å²) in [6, 6.07) is 5.32. The number of para-hydroxylation sites is 1. The zero-order valence-corrected chi connectivity index (χ0v) is 14.7. The number of anilines is 1. The van der Waals surface area contributed by atoms with Crippen molar-refractivity contribution >= 4 is 11.4 Å². The van der Waals surface area contributed by atoms with Crippen LogP contribution in [0.2, 0.25) is 0 Å². The molecule has 2 heterocycles. The van der Waals surface area contributed by atoms with Gasteiger partial charge >= 0.3 is 5.69 Å². The van der Waals surface area contributed by atoms with E-state index in [4.69, 9.17) is 4.74 Å². The lowest BCUT2D eigenvalue weighted by molar-refractivity contribution is -0.385. The molecule has 1 atom stereocenters. The second-order valence-corrected chi connectivity index (χ2v) is 6.43. The maximum absolute atomic E-state index is 11.6. The molecule has 1 aromatic heterocycles. The van der Waals surface area contributed by atoms with Crippen molar-refractivity contribution in [1.29, 1.82) is 0 Å². The minimum absolute atomic E-state index is 0.0713. The molecule has 0 amide bonds. The molecule has 1 aliphatic rings. The van der Waals surface area contributed by atoms with Crippen LogP contribution in [0.25, 0.3) is 0 Å². The lowest BCUT2D eigenvalue weighted by Gasteiger charge is -2.34. The van der Waals surface area contributed by atoms with Crippen molar-refractivity contribution in [3.8, 4) is 5.75 Å². The van der Waals surface area contributed by atoms with Gasteiger partial charge in [-0.15, -0.1) is 0 Å². The predicted octanol–water partition coefficient (Wildman–Crippen LogP) is 3.19. The molecule has 134 valence electrons. The van der Waals surface area contributed by atoms with Crippen molar-refractivity contribution in [2.75, 3.05) is 24.6 Å². The van der Waals surface area contributed by atoms with Crippen LogP contribution in [0, 0.1) is 16.0 Å². The summed E-state index contributed by atoms with van der Waals surface area (Å²) in [7, 11) is 2.00. The standard InChI is InChI=1S/C18H24N4O3/c1-3-25-16-8-4-7-15(18(16)22(23)24)21-10-5-6-14(13-21)12-17-19-9-11-20(17)2/h4,7-9,11,14H,3,5-6,10,12-13H2,1-2H3. The Morgan fingerprint density at radius 1 is 1.44 bits per heavy atom. The number of benzene rings is 1. The summed E-state index contributed by atoms with van der Waals surface area (Å²) in [6.45, 7) is 3.86. The van der Waals surface area contributed by atoms with Crippen molar-refractivity contribution in [3.05, 3.63) is 46.5 Å². The second kappa shape index (κ2) is 7.55. The number of hydrogen-bond donors (Lipinski definition) is 0. The molecule has 1 aliphatic heterocycles. The van der Waals surface area contributed by atoms with E-state index in [0.717, 1.165) is 38.2 Å². The molecule has 1 aromatic carbocycles. The zero-order valence-electron chi connectivity index (χ0n) is 14.7. The highest BCUT2D eigenvalue weighted by Crippen LogP contribution is 2.39. The molecular weight excluding hydrogens is 320 g/mol. The van der Waals surface area contributed by atoms with Crippen molar-refractivity contribution in [2.24, 2.45) is 13.0 Å². The SMILES string of the molecule is CCOc1cccc(N2CCCC(Cc3nccn3C)C2)c1[N+](=O)[O-]. The fourth-order valence-electron chi connectivity index (χ4n) is 3.52. The summed E-state index contributed by atoms with van der Waals surface area (Å²) in [4.78, 5) is 17.8. The molecule has 0 bridgehead atoms. The maximum atomic E-state index is 11.6. The van der Waals surface area contributed by atoms with Gasteiger partial charge < -0.3 is 14.2 Å². The van der Waals surface area contributed by atoms with Crippen LogP contribution in [0.5, 0.6) is 5.75 Å². The molecule has 1 saturated heterocycles. The van der Waals surface area contributed by atoms with Gasteiger partial charge in [0.2, 0.25) is 0 Å². The van der Waals surface area contributed by atoms with Crippen LogP contribution in [0.3, 0.4) is 0 Å². The van der Waals surface area contributed by atoms with Gasteiger partial charge in [0, 0.05) is 39.0 Å². The fourth-order valence-corrected chi connectivity index (χ4v) is 3.52. The van der Waals surface area contributed by atoms with Crippen LogP contribution < -0.4 is 9.64 Å². The minimum atomic E-state index is -0.331. The van der Waals surface area contributed by atoms with E-state index in [1.54, 1.807) is 6.07 Å². The Hall–Kier alpha value is -2.57. The Bertz CT molecular complexity index is 744. The Morgan fingerprint density at radius 3 is 2.96 bits per heavy atom. The molecule has 0 saturated carbocycles. The Labute approximate surface area is 147 Å². The summed E-state index contributed by atoms with van der Waals surface area (Å²) < 4.78 is 7.51. The van der Waals surface area contributed by atoms with Crippen LogP contribution in [0.1, 0.15) is 25.6 Å². The number of imidazole rings is 1. The largest absolute Gasteiger partial charge is 0.487 e. The van der Waals surface area contributed by atoms with Gasteiger partial charge in [0.1, 0.15) is 11.5 Å². The van der Waals surface area contributed by atoms with Crippen LogP contribution in [-0.4, -0.2) is 34.2 Å². The Balaban J connectivity index is 1.82. The molecule has 0 radical (unpaired) electrons. The molecule has 25 heavy (non-hydrogen) atoms. The quantitative estimate of drug-likeness (QED) is 0.594. The highest BCUT2D eigenvalue weighted by Gasteiger charge is 2.29. The third kappa shape index (κ3) is 3.75. The number of nitrogens with zero attached hydrogens (tertiary/aromatic N) is 4. The highest BCUT2D eigenvalue weighted by molar-refractivity contribution is 5.70. The lowest BCUT2D eigenvalue weighted by Crippen LogP contribution is -2.37. The summed E-state index contributed by atoms with van der Waals surface area (Å²) in [6.07, 6.45) is 6.78. The molecular formula is C18H24N4O3. The second-order valence-electron chi connectivity index (χ2n) is 6.43. The van der Waals surface area contributed by atoms with Crippen LogP contribution in [0.4, 0.5) is 11.4 Å². The first-order valence-corrected chi connectivity index (χ1v) is 8.71. The first kappa shape index (κ1) is 17.3. The highest BCUT2D eigenvalue weighted by atomic mass is 16.6. The van der Waals surface area contributed by atoms with Gasteiger partial charge in [0.15, 0.2) is 5.75 Å². The topological polar surface area (TPSA) is 73.4 Å². The predicted molar refractivity (Wildman–Crippen MR) is 96.1 cm³/mol. The molecule has 3 rings (SSSR count). The number of aromatic nitrogens is 2. The minimum Gasteiger partial charge on any atom is -0.487 e. The van der Waals surface area contributed by atoms with E-state index >= 15 is 0 Å². The Kier molecular flexibility index (Phi) is 5.21. The first-order valence-electron chi connectivity index (χ1n) is 8.71. The Morgan fingerprint density at radius 2 is 2.28 bits per heavy atom. The molecule has 7 nitrogen and oxygen atoms in total. The average Bonchev–Trinajstić information content (AvgIpc) is 3.00. The smallest absolute Gasteiger partial charge is 0.333 e. The summed E-state index contributed by atoms with van der Waals surface area (Å²) in [5.41, 5.74) is 0.725. The first-order chi connectivity index (χ1) is 12.1. The molecule has 2 aromatic rings. The number of rotatable bonds is 6. The summed E-state index contributed by atoms with van der Waals surface area (Å²) in [5.74, 6) is 1.84. The monoisotopic (exact) mass is 344 g/mol. The van der Waals surface area contributed by atoms with E-state index in [9.17, 15) is 10.1 Å². The maximum Gasteiger partial charge on any atom is 0.333 e. The van der Waals surface area contributed by atoms with Crippen molar-refractivity contribution < 1.29 is 9.66 Å². The van der Waals surface area contributed by atoms with E-state index in [0.29, 0.717) is 24.0 Å². The summed E-state index contributed by atoms with van der Waals surface area (Å²) in [5, 5.41) is 11.6. The molecule has 1 unspecified atom stereocenters. The number of ether oxygens (including phenoxy) is 1. The number of aryl methyl sites for hydroxylation is 1. The van der Waals surface area contributed by atoms with Gasteiger partial charge in [-0.05, 0) is 37.8 Å². The number of hydrogen-bond acceptors (Lipinski definition) is 5. The van der Waals surface area contributed by atoms with E-state index in [2.05, 4.69) is 9.88 Å². The molecule has 0 spiro atoms. The third-order valence-electron chi connectivity index (χ3n) is 4.71. The molecule has 7 heteroatoms. The van der Waals surface area contributed by atoms with E-state index in [-0.39, 0.29) is 10.6 Å². The van der Waals surface area contributed by atoms with Crippen LogP contribution >= 0.6 is 0 Å². The van der Waals surface area contributed by atoms with Gasteiger partial charge in [0.05, 0.1) is 11.5 Å². The molecule has 1 fully saturated rings. The lowest BCUT2D eigenvalue weighted by atomic mass is 9.94. The van der Waals surface area contributed by atoms with Gasteiger partial charge in [-0.3, -0.25) is 10.1 Å². The van der Waals surface area contributed by atoms with Gasteiger partial charge in [-0.25, -0.2) is 4.98 Å². The molecule has 0 aliphatic carbocycles. The van der Waals surface area contributed by atoms with Crippen molar-refractivity contribution in [1.82, 2.24) is 9.55 Å².